The number of rotatable bonds is 3. The Bertz CT molecular complexity index is 832. The lowest BCUT2D eigenvalue weighted by Crippen LogP contribution is -2.20. The lowest BCUT2D eigenvalue weighted by molar-refractivity contribution is 0.354. The van der Waals surface area contributed by atoms with Crippen LogP contribution in [0.2, 0.25) is 0 Å². The maximum absolute atomic E-state index is 4.31. The summed E-state index contributed by atoms with van der Waals surface area (Å²) < 4.78 is 3.83. The molecule has 4 aromatic rings. The van der Waals surface area contributed by atoms with Crippen LogP contribution >= 0.6 is 0 Å². The molecule has 0 atom stereocenters. The molecular formula is C15H14N6. The van der Waals surface area contributed by atoms with Crippen LogP contribution in [-0.4, -0.2) is 30.0 Å². The Labute approximate surface area is 121 Å². The van der Waals surface area contributed by atoms with Crippen LogP contribution in [0.5, 0.6) is 0 Å². The lowest BCUT2D eigenvalue weighted by Gasteiger charge is -2.16. The van der Waals surface area contributed by atoms with E-state index < -0.39 is 0 Å². The highest BCUT2D eigenvalue weighted by atomic mass is 15.5. The molecule has 0 aliphatic rings. The van der Waals surface area contributed by atoms with Gasteiger partial charge in [0.1, 0.15) is 17.2 Å². The molecule has 0 spiro atoms. The molecule has 104 valence electrons. The topological polar surface area (TPSA) is 61.4 Å². The quantitative estimate of drug-likeness (QED) is 0.578. The first-order valence-corrected chi connectivity index (χ1v) is 6.98. The molecule has 0 fully saturated rings. The number of nitrogens with zero attached hydrogens (tertiary/aromatic N) is 6. The Kier molecular flexibility index (Phi) is 2.67. The van der Waals surface area contributed by atoms with Crippen LogP contribution in [0.1, 0.15) is 19.5 Å². The second kappa shape index (κ2) is 4.66. The first-order chi connectivity index (χ1) is 10.4. The maximum Gasteiger partial charge on any atom is 0.148 e. The van der Waals surface area contributed by atoms with Gasteiger partial charge >= 0.3 is 0 Å². The van der Waals surface area contributed by atoms with E-state index in [1.165, 1.54) is 0 Å². The predicted molar refractivity (Wildman–Crippen MR) is 79.8 cm³/mol. The summed E-state index contributed by atoms with van der Waals surface area (Å²) in [6.07, 6.45) is 0.811. The predicted octanol–water partition coefficient (Wildman–Crippen LogP) is 2.63. The smallest absolute Gasteiger partial charge is 0.148 e. The van der Waals surface area contributed by atoms with Gasteiger partial charge in [-0.1, -0.05) is 41.6 Å². The molecule has 6 heteroatoms. The number of fused-ring (bicyclic) bond motifs is 2. The molecule has 0 amide bonds. The average molecular weight is 278 g/mol. The fourth-order valence-electron chi connectivity index (χ4n) is 2.66. The summed E-state index contributed by atoms with van der Waals surface area (Å²) in [4.78, 5) is 0. The zero-order valence-corrected chi connectivity index (χ0v) is 11.6. The van der Waals surface area contributed by atoms with Crippen LogP contribution < -0.4 is 0 Å². The minimum atomic E-state index is -0.0372. The molecule has 0 aliphatic carbocycles. The summed E-state index contributed by atoms with van der Waals surface area (Å²) in [6, 6.07) is 15.9. The van der Waals surface area contributed by atoms with Gasteiger partial charge in [0.2, 0.25) is 0 Å². The average Bonchev–Trinajstić information content (AvgIpc) is 3.14. The Morgan fingerprint density at radius 1 is 0.810 bits per heavy atom. The fourth-order valence-corrected chi connectivity index (χ4v) is 2.66. The molecule has 2 heterocycles. The van der Waals surface area contributed by atoms with E-state index in [4.69, 9.17) is 0 Å². The van der Waals surface area contributed by atoms with Crippen LogP contribution in [0, 0.1) is 0 Å². The van der Waals surface area contributed by atoms with Crippen molar-refractivity contribution in [1.29, 1.82) is 0 Å². The van der Waals surface area contributed by atoms with Gasteiger partial charge in [0.25, 0.3) is 0 Å². The van der Waals surface area contributed by atoms with E-state index in [2.05, 4.69) is 27.5 Å². The third-order valence-corrected chi connectivity index (χ3v) is 3.68. The Morgan fingerprint density at radius 2 is 1.29 bits per heavy atom. The monoisotopic (exact) mass is 278 g/mol. The van der Waals surface area contributed by atoms with Crippen molar-refractivity contribution in [3.8, 4) is 0 Å². The van der Waals surface area contributed by atoms with Crippen LogP contribution in [0.3, 0.4) is 0 Å². The van der Waals surface area contributed by atoms with Gasteiger partial charge in [-0.05, 0) is 30.7 Å². The third kappa shape index (κ3) is 1.79. The lowest BCUT2D eigenvalue weighted by atomic mass is 10.2. The van der Waals surface area contributed by atoms with E-state index in [-0.39, 0.29) is 6.17 Å². The molecule has 0 unspecified atom stereocenters. The highest BCUT2D eigenvalue weighted by Crippen LogP contribution is 2.22. The third-order valence-electron chi connectivity index (χ3n) is 3.68. The normalized spacial score (nSPS) is 11.7. The van der Waals surface area contributed by atoms with Crippen molar-refractivity contribution >= 4 is 22.1 Å². The number of benzene rings is 2. The SMILES string of the molecule is CCC(n1nnc2ccccc21)n1nnc2ccccc21. The van der Waals surface area contributed by atoms with E-state index >= 15 is 0 Å². The highest BCUT2D eigenvalue weighted by molar-refractivity contribution is 5.75. The van der Waals surface area contributed by atoms with Crippen LogP contribution in [0.25, 0.3) is 22.1 Å². The van der Waals surface area contributed by atoms with Crippen LogP contribution in [0.4, 0.5) is 0 Å². The van der Waals surface area contributed by atoms with Crippen molar-refractivity contribution in [3.05, 3.63) is 48.5 Å². The number of hydrogen-bond donors (Lipinski definition) is 0. The maximum atomic E-state index is 4.31. The zero-order valence-electron chi connectivity index (χ0n) is 11.6. The van der Waals surface area contributed by atoms with E-state index in [9.17, 15) is 0 Å². The van der Waals surface area contributed by atoms with Gasteiger partial charge in [-0.3, -0.25) is 0 Å². The molecular weight excluding hydrogens is 264 g/mol. The second-order valence-electron chi connectivity index (χ2n) is 4.93. The summed E-state index contributed by atoms with van der Waals surface area (Å²) in [5.74, 6) is 0. The molecule has 6 nitrogen and oxygen atoms in total. The summed E-state index contributed by atoms with van der Waals surface area (Å²) in [6.45, 7) is 2.11. The van der Waals surface area contributed by atoms with Gasteiger partial charge in [0, 0.05) is 0 Å². The molecule has 0 N–H and O–H groups in total. The fraction of sp³-hybridized carbons (Fsp3) is 0.200. The van der Waals surface area contributed by atoms with Crippen LogP contribution in [-0.2, 0) is 0 Å². The molecule has 0 saturated heterocycles. The van der Waals surface area contributed by atoms with Gasteiger partial charge in [-0.25, -0.2) is 9.36 Å². The zero-order chi connectivity index (χ0) is 14.2. The molecule has 0 aliphatic heterocycles. The molecule has 0 radical (unpaired) electrons. The van der Waals surface area contributed by atoms with Gasteiger partial charge < -0.3 is 0 Å². The van der Waals surface area contributed by atoms with Crippen molar-refractivity contribution in [2.45, 2.75) is 19.5 Å². The van der Waals surface area contributed by atoms with Crippen molar-refractivity contribution in [3.63, 3.8) is 0 Å². The van der Waals surface area contributed by atoms with Gasteiger partial charge in [0.05, 0.1) is 11.0 Å². The first-order valence-electron chi connectivity index (χ1n) is 6.98. The minimum absolute atomic E-state index is 0.0372. The largest absolute Gasteiger partial charge is 0.220 e. The van der Waals surface area contributed by atoms with Gasteiger partial charge in [-0.2, -0.15) is 0 Å². The van der Waals surface area contributed by atoms with Gasteiger partial charge in [0.15, 0.2) is 0 Å². The summed E-state index contributed by atoms with van der Waals surface area (Å²) in [5.41, 5.74) is 3.79. The van der Waals surface area contributed by atoms with E-state index in [0.29, 0.717) is 0 Å². The number of aromatic nitrogens is 6. The summed E-state index contributed by atoms with van der Waals surface area (Å²) in [5, 5.41) is 17.1. The number of para-hydroxylation sites is 2. The van der Waals surface area contributed by atoms with Gasteiger partial charge in [-0.15, -0.1) is 10.2 Å². The van der Waals surface area contributed by atoms with E-state index in [0.717, 1.165) is 28.5 Å². The van der Waals surface area contributed by atoms with Crippen molar-refractivity contribution in [2.24, 2.45) is 0 Å². The Balaban J connectivity index is 1.92. The van der Waals surface area contributed by atoms with Crippen molar-refractivity contribution < 1.29 is 0 Å². The molecule has 4 rings (SSSR count). The Morgan fingerprint density at radius 3 is 1.76 bits per heavy atom. The minimum Gasteiger partial charge on any atom is -0.220 e. The van der Waals surface area contributed by atoms with Crippen molar-refractivity contribution in [2.75, 3.05) is 0 Å². The second-order valence-corrected chi connectivity index (χ2v) is 4.93. The van der Waals surface area contributed by atoms with Crippen LogP contribution in [0.15, 0.2) is 48.5 Å². The molecule has 0 saturated carbocycles. The summed E-state index contributed by atoms with van der Waals surface area (Å²) >= 11 is 0. The molecule has 21 heavy (non-hydrogen) atoms. The Hall–Kier alpha value is -2.76. The standard InChI is InChI=1S/C15H14N6/c1-2-15(20-13-9-5-3-7-11(13)16-18-20)21-14-10-6-4-8-12(14)17-19-21/h3-10,15H,2H2,1H3. The van der Waals surface area contributed by atoms with E-state index in [1.54, 1.807) is 0 Å². The molecule has 2 aromatic heterocycles. The van der Waals surface area contributed by atoms with Crippen molar-refractivity contribution in [1.82, 2.24) is 30.0 Å². The molecule has 2 aromatic carbocycles. The highest BCUT2D eigenvalue weighted by Gasteiger charge is 2.18. The molecule has 0 bridgehead atoms. The summed E-state index contributed by atoms with van der Waals surface area (Å²) in [7, 11) is 0. The number of hydrogen-bond acceptors (Lipinski definition) is 4. The first kappa shape index (κ1) is 12.0. The van der Waals surface area contributed by atoms with E-state index in [1.807, 2.05) is 57.9 Å².